The molecule has 7 nitrogen and oxygen atoms in total. The molecule has 1 aliphatic heterocycles. The molecule has 138 valence electrons. The summed E-state index contributed by atoms with van der Waals surface area (Å²) < 4.78 is 4.99. The van der Waals surface area contributed by atoms with Crippen LogP contribution >= 0.6 is 0 Å². The van der Waals surface area contributed by atoms with Crippen molar-refractivity contribution < 1.29 is 14.5 Å². The predicted molar refractivity (Wildman–Crippen MR) is 97.2 cm³/mol. The van der Waals surface area contributed by atoms with E-state index in [9.17, 15) is 14.9 Å². The van der Waals surface area contributed by atoms with E-state index in [0.29, 0.717) is 30.3 Å². The molecule has 0 spiro atoms. The van der Waals surface area contributed by atoms with Crippen LogP contribution in [-0.2, 0) is 4.74 Å². The number of anilines is 1. The van der Waals surface area contributed by atoms with E-state index >= 15 is 0 Å². The molecule has 0 bridgehead atoms. The number of amides is 1. The monoisotopic (exact) mass is 349 g/mol. The molecule has 0 aromatic heterocycles. The summed E-state index contributed by atoms with van der Waals surface area (Å²) in [4.78, 5) is 27.3. The minimum Gasteiger partial charge on any atom is -0.385 e. The van der Waals surface area contributed by atoms with E-state index in [1.165, 1.54) is 6.07 Å². The van der Waals surface area contributed by atoms with Gasteiger partial charge >= 0.3 is 0 Å². The van der Waals surface area contributed by atoms with E-state index in [-0.39, 0.29) is 11.6 Å². The number of nitro benzene ring substituents is 1. The Kier molecular flexibility index (Phi) is 6.75. The molecule has 0 N–H and O–H groups in total. The van der Waals surface area contributed by atoms with Crippen LogP contribution in [0.4, 0.5) is 11.4 Å². The quantitative estimate of drug-likeness (QED) is 0.430. The molecular weight excluding hydrogens is 322 g/mol. The summed E-state index contributed by atoms with van der Waals surface area (Å²) in [7, 11) is 3.31. The summed E-state index contributed by atoms with van der Waals surface area (Å²) in [6.07, 6.45) is 2.90. The second kappa shape index (κ2) is 8.80. The van der Waals surface area contributed by atoms with Gasteiger partial charge < -0.3 is 14.5 Å². The van der Waals surface area contributed by atoms with Gasteiger partial charge in [0.25, 0.3) is 11.6 Å². The van der Waals surface area contributed by atoms with Crippen molar-refractivity contribution in [2.45, 2.75) is 26.2 Å². The normalized spacial score (nSPS) is 17.4. The van der Waals surface area contributed by atoms with Crippen molar-refractivity contribution in [3.8, 4) is 0 Å². The van der Waals surface area contributed by atoms with E-state index in [2.05, 4.69) is 11.8 Å². The molecule has 0 aliphatic carbocycles. The number of ether oxygens (including phenoxy) is 1. The van der Waals surface area contributed by atoms with Gasteiger partial charge in [0.15, 0.2) is 0 Å². The lowest BCUT2D eigenvalue weighted by molar-refractivity contribution is -0.384. The zero-order chi connectivity index (χ0) is 18.4. The number of carbonyl (C=O) groups excluding carboxylic acids is 1. The van der Waals surface area contributed by atoms with E-state index in [1.54, 1.807) is 31.2 Å². The molecule has 1 aromatic carbocycles. The molecule has 1 fully saturated rings. The number of nitrogens with zero attached hydrogens (tertiary/aromatic N) is 3. The van der Waals surface area contributed by atoms with Gasteiger partial charge in [0.2, 0.25) is 0 Å². The first-order valence-electron chi connectivity index (χ1n) is 8.71. The fourth-order valence-corrected chi connectivity index (χ4v) is 3.25. The maximum atomic E-state index is 12.5. The van der Waals surface area contributed by atoms with Crippen molar-refractivity contribution in [1.29, 1.82) is 0 Å². The van der Waals surface area contributed by atoms with Gasteiger partial charge in [-0.25, -0.2) is 0 Å². The lowest BCUT2D eigenvalue weighted by Crippen LogP contribution is -2.34. The largest absolute Gasteiger partial charge is 0.385 e. The molecule has 1 amide bonds. The zero-order valence-corrected chi connectivity index (χ0v) is 15.2. The van der Waals surface area contributed by atoms with Crippen molar-refractivity contribution in [3.05, 3.63) is 33.9 Å². The first-order valence-corrected chi connectivity index (χ1v) is 8.71. The summed E-state index contributed by atoms with van der Waals surface area (Å²) in [5, 5.41) is 11.5. The van der Waals surface area contributed by atoms with Crippen LogP contribution < -0.4 is 4.90 Å². The number of hydrogen-bond donors (Lipinski definition) is 0. The summed E-state index contributed by atoms with van der Waals surface area (Å²) >= 11 is 0. The topological polar surface area (TPSA) is 75.9 Å². The number of rotatable bonds is 7. The SMILES string of the molecule is COCCCN(C)C(=O)c1ccc(N2CCCC(C)C2)c([N+](=O)[O-])c1. The van der Waals surface area contributed by atoms with Gasteiger partial charge in [0.1, 0.15) is 5.69 Å². The molecule has 2 rings (SSSR count). The van der Waals surface area contributed by atoms with Crippen LogP contribution in [0.2, 0.25) is 0 Å². The Hall–Kier alpha value is -2.15. The van der Waals surface area contributed by atoms with Crippen LogP contribution in [0.15, 0.2) is 18.2 Å². The fraction of sp³-hybridized carbons (Fsp3) is 0.611. The highest BCUT2D eigenvalue weighted by molar-refractivity contribution is 5.95. The smallest absolute Gasteiger partial charge is 0.293 e. The maximum absolute atomic E-state index is 12.5. The van der Waals surface area contributed by atoms with Gasteiger partial charge in [-0.2, -0.15) is 0 Å². The maximum Gasteiger partial charge on any atom is 0.293 e. The van der Waals surface area contributed by atoms with Crippen molar-refractivity contribution in [3.63, 3.8) is 0 Å². The molecule has 1 unspecified atom stereocenters. The van der Waals surface area contributed by atoms with Crippen LogP contribution in [0.5, 0.6) is 0 Å². The highest BCUT2D eigenvalue weighted by atomic mass is 16.6. The summed E-state index contributed by atoms with van der Waals surface area (Å²) in [5.74, 6) is 0.305. The van der Waals surface area contributed by atoms with E-state index < -0.39 is 4.92 Å². The van der Waals surface area contributed by atoms with E-state index in [4.69, 9.17) is 4.74 Å². The van der Waals surface area contributed by atoms with E-state index in [0.717, 1.165) is 32.4 Å². The van der Waals surface area contributed by atoms with Gasteiger partial charge in [-0.05, 0) is 37.3 Å². The van der Waals surface area contributed by atoms with E-state index in [1.807, 2.05) is 0 Å². The molecule has 1 aliphatic rings. The molecule has 25 heavy (non-hydrogen) atoms. The number of methoxy groups -OCH3 is 1. The first kappa shape index (κ1) is 19.2. The molecule has 1 saturated heterocycles. The van der Waals surface area contributed by atoms with Crippen molar-refractivity contribution in [1.82, 2.24) is 4.90 Å². The first-order chi connectivity index (χ1) is 11.9. The van der Waals surface area contributed by atoms with Crippen LogP contribution in [0, 0.1) is 16.0 Å². The Balaban J connectivity index is 2.20. The Morgan fingerprint density at radius 1 is 1.48 bits per heavy atom. The molecule has 0 saturated carbocycles. The van der Waals surface area contributed by atoms with Crippen LogP contribution in [0.3, 0.4) is 0 Å². The van der Waals surface area contributed by atoms with Crippen LogP contribution in [-0.4, -0.2) is 56.1 Å². The van der Waals surface area contributed by atoms with Gasteiger partial charge in [0, 0.05) is 52.0 Å². The zero-order valence-electron chi connectivity index (χ0n) is 15.2. The fourth-order valence-electron chi connectivity index (χ4n) is 3.25. The van der Waals surface area contributed by atoms with Crippen LogP contribution in [0.25, 0.3) is 0 Å². The number of piperidine rings is 1. The third-order valence-corrected chi connectivity index (χ3v) is 4.61. The number of carbonyl (C=O) groups is 1. The Morgan fingerprint density at radius 2 is 2.24 bits per heavy atom. The average Bonchev–Trinajstić information content (AvgIpc) is 2.60. The standard InChI is InChI=1S/C18H27N3O4/c1-14-6-4-10-20(13-14)16-8-7-15(12-17(16)21(23)24)18(22)19(2)9-5-11-25-3/h7-8,12,14H,4-6,9-11,13H2,1-3H3. The molecule has 1 heterocycles. The summed E-state index contributed by atoms with van der Waals surface area (Å²) in [6, 6.07) is 4.81. The van der Waals surface area contributed by atoms with Gasteiger partial charge in [-0.15, -0.1) is 0 Å². The summed E-state index contributed by atoms with van der Waals surface area (Å²) in [6.45, 7) is 4.90. The molecule has 1 atom stereocenters. The van der Waals surface area contributed by atoms with Gasteiger partial charge in [0.05, 0.1) is 4.92 Å². The third kappa shape index (κ3) is 4.92. The highest BCUT2D eigenvalue weighted by Gasteiger charge is 2.25. The Labute approximate surface area is 148 Å². The minimum atomic E-state index is -0.393. The highest BCUT2D eigenvalue weighted by Crippen LogP contribution is 2.32. The second-order valence-electron chi connectivity index (χ2n) is 6.73. The Bertz CT molecular complexity index is 620. The number of benzene rings is 1. The number of hydrogen-bond acceptors (Lipinski definition) is 5. The van der Waals surface area contributed by atoms with Crippen LogP contribution in [0.1, 0.15) is 36.5 Å². The van der Waals surface area contributed by atoms with Crippen molar-refractivity contribution >= 4 is 17.3 Å². The molecule has 1 aromatic rings. The molecular formula is C18H27N3O4. The average molecular weight is 349 g/mol. The van der Waals surface area contributed by atoms with Gasteiger partial charge in [-0.1, -0.05) is 6.92 Å². The third-order valence-electron chi connectivity index (χ3n) is 4.61. The lowest BCUT2D eigenvalue weighted by atomic mass is 9.99. The Morgan fingerprint density at radius 3 is 2.88 bits per heavy atom. The number of nitro groups is 1. The second-order valence-corrected chi connectivity index (χ2v) is 6.73. The van der Waals surface area contributed by atoms with Crippen molar-refractivity contribution in [2.24, 2.45) is 5.92 Å². The van der Waals surface area contributed by atoms with Gasteiger partial charge in [-0.3, -0.25) is 14.9 Å². The van der Waals surface area contributed by atoms with Crippen molar-refractivity contribution in [2.75, 3.05) is 45.3 Å². The minimum absolute atomic E-state index is 0.00485. The predicted octanol–water partition coefficient (Wildman–Crippen LogP) is 2.94. The molecule has 0 radical (unpaired) electrons. The molecule has 7 heteroatoms. The lowest BCUT2D eigenvalue weighted by Gasteiger charge is -2.32. The summed E-state index contributed by atoms with van der Waals surface area (Å²) in [5.41, 5.74) is 0.959.